The van der Waals surface area contributed by atoms with Crippen LogP contribution in [0.4, 0.5) is 0 Å². The fraction of sp³-hybridized carbons (Fsp3) is 0.583. The summed E-state index contributed by atoms with van der Waals surface area (Å²) in [4.78, 5) is 0. The summed E-state index contributed by atoms with van der Waals surface area (Å²) >= 11 is 3.77. The summed E-state index contributed by atoms with van der Waals surface area (Å²) in [5, 5.41) is 4.92. The van der Waals surface area contributed by atoms with Crippen LogP contribution in [0.3, 0.4) is 0 Å². The Bertz CT molecular complexity index is 800. The summed E-state index contributed by atoms with van der Waals surface area (Å²) in [6, 6.07) is 6.48. The van der Waals surface area contributed by atoms with E-state index >= 15 is 0 Å². The topological polar surface area (TPSA) is 26.2 Å². The highest BCUT2D eigenvalue weighted by Gasteiger charge is 2.20. The average molecular weight is 445 g/mol. The zero-order valence-corrected chi connectivity index (χ0v) is 18.5. The van der Waals surface area contributed by atoms with E-state index in [0.29, 0.717) is 5.92 Å². The smallest absolute Gasteiger partial charge is 0.0517 e. The summed E-state index contributed by atoms with van der Waals surface area (Å²) in [5.74, 6) is 1.61. The summed E-state index contributed by atoms with van der Waals surface area (Å²) in [6.45, 7) is 8.30. The highest BCUT2D eigenvalue weighted by molar-refractivity contribution is 9.10. The average Bonchev–Trinajstić information content (AvgIpc) is 2.83. The Morgan fingerprint density at radius 1 is 1.11 bits per heavy atom. The molecule has 2 fully saturated rings. The molecule has 0 radical (unpaired) electrons. The van der Waals surface area contributed by atoms with Crippen LogP contribution in [0.2, 0.25) is 0 Å². The number of nitrogens with zero attached hydrogens (tertiary/aromatic N) is 1. The van der Waals surface area contributed by atoms with Gasteiger partial charge in [-0.05, 0) is 30.9 Å². The second-order valence-corrected chi connectivity index (χ2v) is 9.47. The van der Waals surface area contributed by atoms with Gasteiger partial charge in [0.2, 0.25) is 0 Å². The molecule has 4 rings (SSSR count). The number of aromatic nitrogens is 1. The largest absolute Gasteiger partial charge is 0.385 e. The number of hydrogen-bond acceptors (Lipinski definition) is 2. The normalized spacial score (nSPS) is 18.8. The molecule has 2 aliphatic rings. The third-order valence-corrected chi connectivity index (χ3v) is 7.19. The number of fused-ring (bicyclic) bond motifs is 1. The fourth-order valence-electron chi connectivity index (χ4n) is 4.67. The molecule has 1 aliphatic carbocycles. The van der Waals surface area contributed by atoms with Gasteiger partial charge < -0.3 is 14.6 Å². The lowest BCUT2D eigenvalue weighted by atomic mass is 9.96. The molecule has 0 bridgehead atoms. The van der Waals surface area contributed by atoms with Gasteiger partial charge in [0.1, 0.15) is 0 Å². The van der Waals surface area contributed by atoms with Gasteiger partial charge in [-0.25, -0.2) is 0 Å². The molecule has 1 N–H and O–H groups in total. The molecule has 1 saturated heterocycles. The number of hydrogen-bond donors (Lipinski definition) is 1. The summed E-state index contributed by atoms with van der Waals surface area (Å²) in [7, 11) is 0. The SMILES string of the molecule is C=C(NCCC1CCCCCC1)c1cn(CCC2COC2)c2cccc(Br)c12. The number of aryl methyl sites for hydroxylation is 1. The highest BCUT2D eigenvalue weighted by atomic mass is 79.9. The quantitative estimate of drug-likeness (QED) is 0.479. The minimum atomic E-state index is 0.717. The Morgan fingerprint density at radius 2 is 1.89 bits per heavy atom. The summed E-state index contributed by atoms with van der Waals surface area (Å²) in [6.07, 6.45) is 13.2. The molecule has 1 aromatic heterocycles. The molecule has 0 unspecified atom stereocenters. The van der Waals surface area contributed by atoms with Crippen LogP contribution < -0.4 is 5.32 Å². The van der Waals surface area contributed by atoms with Crippen LogP contribution in [-0.4, -0.2) is 24.3 Å². The van der Waals surface area contributed by atoms with Crippen molar-refractivity contribution in [1.82, 2.24) is 9.88 Å². The van der Waals surface area contributed by atoms with Gasteiger partial charge in [-0.1, -0.05) is 67.1 Å². The van der Waals surface area contributed by atoms with Crippen LogP contribution in [0.25, 0.3) is 16.6 Å². The van der Waals surface area contributed by atoms with Crippen molar-refractivity contribution >= 4 is 32.5 Å². The molecule has 2 aromatic rings. The Labute approximate surface area is 177 Å². The van der Waals surface area contributed by atoms with Gasteiger partial charge in [-0.3, -0.25) is 0 Å². The van der Waals surface area contributed by atoms with Crippen molar-refractivity contribution in [2.45, 2.75) is 57.9 Å². The third kappa shape index (κ3) is 4.65. The molecular weight excluding hydrogens is 412 g/mol. The van der Waals surface area contributed by atoms with Gasteiger partial charge in [-0.15, -0.1) is 0 Å². The van der Waals surface area contributed by atoms with Crippen molar-refractivity contribution in [2.24, 2.45) is 11.8 Å². The standard InChI is InChI=1S/C24H33BrN2O/c1-18(26-13-11-19-7-4-2-3-5-8-19)21-15-27(14-12-20-16-28-17-20)23-10-6-9-22(25)24(21)23/h6,9-10,15,19-20,26H,1-5,7-8,11-14,16-17H2. The Kier molecular flexibility index (Phi) is 6.79. The first-order valence-corrected chi connectivity index (χ1v) is 11.8. The van der Waals surface area contributed by atoms with Crippen LogP contribution in [0.15, 0.2) is 35.4 Å². The van der Waals surface area contributed by atoms with Gasteiger partial charge in [-0.2, -0.15) is 0 Å². The number of halogens is 1. The Hall–Kier alpha value is -1.26. The molecular formula is C24H33BrN2O. The van der Waals surface area contributed by atoms with Gasteiger partial charge in [0.15, 0.2) is 0 Å². The van der Waals surface area contributed by atoms with Gasteiger partial charge in [0.25, 0.3) is 0 Å². The Morgan fingerprint density at radius 3 is 2.61 bits per heavy atom. The van der Waals surface area contributed by atoms with Crippen LogP contribution in [-0.2, 0) is 11.3 Å². The van der Waals surface area contributed by atoms with Gasteiger partial charge >= 0.3 is 0 Å². The van der Waals surface area contributed by atoms with Crippen LogP contribution in [0, 0.1) is 11.8 Å². The zero-order chi connectivity index (χ0) is 19.3. The van der Waals surface area contributed by atoms with E-state index < -0.39 is 0 Å². The first kappa shape index (κ1) is 20.0. The summed E-state index contributed by atoms with van der Waals surface area (Å²) < 4.78 is 8.88. The van der Waals surface area contributed by atoms with Crippen molar-refractivity contribution in [2.75, 3.05) is 19.8 Å². The predicted octanol–water partition coefficient (Wildman–Crippen LogP) is 6.36. The number of rotatable bonds is 8. The molecule has 4 heteroatoms. The van der Waals surface area contributed by atoms with Crippen LogP contribution >= 0.6 is 15.9 Å². The first-order valence-electron chi connectivity index (χ1n) is 11.0. The van der Waals surface area contributed by atoms with Crippen LogP contribution in [0.5, 0.6) is 0 Å². The molecule has 0 amide bonds. The number of ether oxygens (including phenoxy) is 1. The van der Waals surface area contributed by atoms with Crippen molar-refractivity contribution in [3.8, 4) is 0 Å². The molecule has 0 spiro atoms. The molecule has 28 heavy (non-hydrogen) atoms. The zero-order valence-electron chi connectivity index (χ0n) is 16.9. The monoisotopic (exact) mass is 444 g/mol. The molecule has 1 saturated carbocycles. The maximum absolute atomic E-state index is 5.33. The van der Waals surface area contributed by atoms with E-state index in [1.165, 1.54) is 67.8 Å². The fourth-order valence-corrected chi connectivity index (χ4v) is 5.24. The Balaban J connectivity index is 1.43. The van der Waals surface area contributed by atoms with Crippen LogP contribution in [0.1, 0.15) is 56.9 Å². The van der Waals surface area contributed by atoms with E-state index in [0.717, 1.165) is 42.4 Å². The first-order chi connectivity index (χ1) is 13.7. The second kappa shape index (κ2) is 9.49. The van der Waals surface area contributed by atoms with Crippen molar-refractivity contribution in [1.29, 1.82) is 0 Å². The van der Waals surface area contributed by atoms with E-state index in [2.05, 4.69) is 56.8 Å². The van der Waals surface area contributed by atoms with Gasteiger partial charge in [0, 0.05) is 51.8 Å². The highest BCUT2D eigenvalue weighted by Crippen LogP contribution is 2.33. The van der Waals surface area contributed by atoms with E-state index in [1.54, 1.807) is 0 Å². The van der Waals surface area contributed by atoms with Gasteiger partial charge in [0.05, 0.1) is 13.2 Å². The van der Waals surface area contributed by atoms with Crippen molar-refractivity contribution < 1.29 is 4.74 Å². The van der Waals surface area contributed by atoms with Crippen molar-refractivity contribution in [3.63, 3.8) is 0 Å². The number of nitrogens with one attached hydrogen (secondary N) is 1. The molecule has 2 heterocycles. The minimum Gasteiger partial charge on any atom is -0.385 e. The van der Waals surface area contributed by atoms with E-state index in [-0.39, 0.29) is 0 Å². The maximum atomic E-state index is 5.33. The second-order valence-electron chi connectivity index (χ2n) is 8.61. The molecule has 1 aromatic carbocycles. The number of benzene rings is 1. The lowest BCUT2D eigenvalue weighted by Gasteiger charge is -2.26. The molecule has 152 valence electrons. The predicted molar refractivity (Wildman–Crippen MR) is 121 cm³/mol. The minimum absolute atomic E-state index is 0.717. The molecule has 1 aliphatic heterocycles. The van der Waals surface area contributed by atoms with E-state index in [4.69, 9.17) is 4.74 Å². The van der Waals surface area contributed by atoms with E-state index in [9.17, 15) is 0 Å². The molecule has 3 nitrogen and oxygen atoms in total. The molecule has 0 atom stereocenters. The maximum Gasteiger partial charge on any atom is 0.0517 e. The van der Waals surface area contributed by atoms with E-state index in [1.807, 2.05) is 0 Å². The summed E-state index contributed by atoms with van der Waals surface area (Å²) in [5.41, 5.74) is 3.57. The van der Waals surface area contributed by atoms with Crippen molar-refractivity contribution in [3.05, 3.63) is 41.0 Å². The third-order valence-electron chi connectivity index (χ3n) is 6.53. The lowest BCUT2D eigenvalue weighted by Crippen LogP contribution is -2.28. The lowest BCUT2D eigenvalue weighted by molar-refractivity contribution is -0.0370.